The summed E-state index contributed by atoms with van der Waals surface area (Å²) in [4.78, 5) is 18.3. The van der Waals surface area contributed by atoms with Crippen LogP contribution in [-0.4, -0.2) is 42.8 Å². The van der Waals surface area contributed by atoms with Crippen LogP contribution in [0.3, 0.4) is 0 Å². The van der Waals surface area contributed by atoms with Crippen molar-refractivity contribution in [2.24, 2.45) is 0 Å². The number of pyridine rings is 1. The molecule has 0 radical (unpaired) electrons. The zero-order chi connectivity index (χ0) is 23.5. The van der Waals surface area contributed by atoms with E-state index in [0.29, 0.717) is 26.2 Å². The number of aromatic nitrogens is 5. The summed E-state index contributed by atoms with van der Waals surface area (Å²) in [7, 11) is 0. The summed E-state index contributed by atoms with van der Waals surface area (Å²) >= 11 is 0. The van der Waals surface area contributed by atoms with E-state index < -0.39 is 0 Å². The van der Waals surface area contributed by atoms with Crippen LogP contribution in [0.15, 0.2) is 53.3 Å². The molecule has 0 spiro atoms. The Balaban J connectivity index is 1.43. The maximum absolute atomic E-state index is 13.0. The molecule has 34 heavy (non-hydrogen) atoms. The van der Waals surface area contributed by atoms with Gasteiger partial charge in [0.25, 0.3) is 5.56 Å². The lowest BCUT2D eigenvalue weighted by Gasteiger charge is -2.22. The summed E-state index contributed by atoms with van der Waals surface area (Å²) in [6.45, 7) is 7.26. The van der Waals surface area contributed by atoms with E-state index in [-0.39, 0.29) is 11.7 Å². The highest BCUT2D eigenvalue weighted by molar-refractivity contribution is 5.83. The van der Waals surface area contributed by atoms with Gasteiger partial charge in [0.05, 0.1) is 19.2 Å². The van der Waals surface area contributed by atoms with Crippen molar-refractivity contribution < 1.29 is 4.74 Å². The molecule has 8 heteroatoms. The summed E-state index contributed by atoms with van der Waals surface area (Å²) in [5.41, 5.74) is 5.01. The van der Waals surface area contributed by atoms with Gasteiger partial charge in [0.1, 0.15) is 0 Å². The van der Waals surface area contributed by atoms with Crippen LogP contribution in [0.4, 0.5) is 0 Å². The maximum atomic E-state index is 13.0. The Hall–Kier alpha value is -3.36. The Morgan fingerprint density at radius 2 is 1.97 bits per heavy atom. The number of aromatic amines is 1. The summed E-state index contributed by atoms with van der Waals surface area (Å²) in [6.07, 6.45) is 2.25. The standard InChI is InChI=1S/C26H30N6O2/c1-18-11-19(2)23-13-21(26(33)27-24(23)12-18)15-31(14-20-7-4-3-5-8-20)17-25-28-29-30-32(25)16-22-9-6-10-34-22/h3-5,7-8,11-13,22H,6,9-10,14-17H2,1-2H3,(H,27,33)/t22-/m0/s1. The van der Waals surface area contributed by atoms with Crippen LogP contribution in [0.5, 0.6) is 0 Å². The van der Waals surface area contributed by atoms with Crippen LogP contribution in [-0.2, 0) is 30.9 Å². The number of aryl methyl sites for hydroxylation is 2. The molecular weight excluding hydrogens is 428 g/mol. The highest BCUT2D eigenvalue weighted by atomic mass is 16.5. The quantitative estimate of drug-likeness (QED) is 0.435. The lowest BCUT2D eigenvalue weighted by molar-refractivity contribution is 0.0914. The van der Waals surface area contributed by atoms with Gasteiger partial charge in [0.15, 0.2) is 5.82 Å². The number of tetrazole rings is 1. The van der Waals surface area contributed by atoms with E-state index in [0.717, 1.165) is 52.9 Å². The van der Waals surface area contributed by atoms with Crippen molar-refractivity contribution in [3.8, 4) is 0 Å². The molecule has 0 aliphatic carbocycles. The fraction of sp³-hybridized carbons (Fsp3) is 0.385. The van der Waals surface area contributed by atoms with Gasteiger partial charge in [-0.15, -0.1) is 5.10 Å². The third-order valence-corrected chi connectivity index (χ3v) is 6.40. The van der Waals surface area contributed by atoms with Crippen molar-refractivity contribution in [1.82, 2.24) is 30.1 Å². The molecule has 1 atom stereocenters. The maximum Gasteiger partial charge on any atom is 0.252 e. The molecule has 1 N–H and O–H groups in total. The Bertz CT molecular complexity index is 1320. The third kappa shape index (κ3) is 5.08. The zero-order valence-electron chi connectivity index (χ0n) is 19.7. The van der Waals surface area contributed by atoms with Crippen LogP contribution in [0.25, 0.3) is 10.9 Å². The van der Waals surface area contributed by atoms with Crippen LogP contribution >= 0.6 is 0 Å². The number of H-pyrrole nitrogens is 1. The predicted molar refractivity (Wildman–Crippen MR) is 130 cm³/mol. The average molecular weight is 459 g/mol. The highest BCUT2D eigenvalue weighted by Crippen LogP contribution is 2.20. The third-order valence-electron chi connectivity index (χ3n) is 6.40. The second-order valence-corrected chi connectivity index (χ2v) is 9.21. The SMILES string of the molecule is Cc1cc(C)c2cc(CN(Cc3ccccc3)Cc3nnnn3C[C@@H]3CCCO3)c(=O)[nH]c2c1. The van der Waals surface area contributed by atoms with Gasteiger partial charge < -0.3 is 9.72 Å². The fourth-order valence-corrected chi connectivity index (χ4v) is 4.74. The van der Waals surface area contributed by atoms with E-state index in [1.165, 1.54) is 5.56 Å². The van der Waals surface area contributed by atoms with Crippen LogP contribution in [0.2, 0.25) is 0 Å². The van der Waals surface area contributed by atoms with Gasteiger partial charge in [0.2, 0.25) is 0 Å². The number of nitrogens with zero attached hydrogens (tertiary/aromatic N) is 5. The van der Waals surface area contributed by atoms with Crippen molar-refractivity contribution in [3.05, 3.63) is 87.0 Å². The lowest BCUT2D eigenvalue weighted by atomic mass is 10.0. The molecule has 0 saturated carbocycles. The summed E-state index contributed by atoms with van der Waals surface area (Å²) in [5, 5.41) is 13.5. The van der Waals surface area contributed by atoms with Gasteiger partial charge in [-0.1, -0.05) is 36.4 Å². The van der Waals surface area contributed by atoms with E-state index in [1.807, 2.05) is 41.9 Å². The minimum absolute atomic E-state index is 0.0606. The number of ether oxygens (including phenoxy) is 1. The first kappa shape index (κ1) is 22.4. The molecule has 1 saturated heterocycles. The Morgan fingerprint density at radius 1 is 1.12 bits per heavy atom. The van der Waals surface area contributed by atoms with Crippen molar-refractivity contribution >= 4 is 10.9 Å². The summed E-state index contributed by atoms with van der Waals surface area (Å²) < 4.78 is 7.62. The lowest BCUT2D eigenvalue weighted by Crippen LogP contribution is -2.29. The molecule has 1 aliphatic heterocycles. The summed E-state index contributed by atoms with van der Waals surface area (Å²) in [6, 6.07) is 16.5. The number of benzene rings is 2. The molecule has 1 fully saturated rings. The van der Waals surface area contributed by atoms with Crippen LogP contribution in [0.1, 0.15) is 40.9 Å². The number of hydrogen-bond acceptors (Lipinski definition) is 6. The number of fused-ring (bicyclic) bond motifs is 1. The molecule has 5 rings (SSSR count). The van der Waals surface area contributed by atoms with E-state index in [1.54, 1.807) is 0 Å². The van der Waals surface area contributed by atoms with Crippen molar-refractivity contribution in [3.63, 3.8) is 0 Å². The molecule has 2 aromatic heterocycles. The number of hydrogen-bond donors (Lipinski definition) is 1. The first-order chi connectivity index (χ1) is 16.5. The first-order valence-corrected chi connectivity index (χ1v) is 11.8. The zero-order valence-corrected chi connectivity index (χ0v) is 19.7. The Kier molecular flexibility index (Phi) is 6.51. The van der Waals surface area contributed by atoms with Crippen molar-refractivity contribution in [2.75, 3.05) is 6.61 Å². The number of nitrogens with one attached hydrogen (secondary N) is 1. The number of rotatable bonds is 8. The fourth-order valence-electron chi connectivity index (χ4n) is 4.74. The van der Waals surface area contributed by atoms with Crippen LogP contribution < -0.4 is 5.56 Å². The average Bonchev–Trinajstić information content (AvgIpc) is 3.48. The van der Waals surface area contributed by atoms with E-state index in [4.69, 9.17) is 4.74 Å². The van der Waals surface area contributed by atoms with Gasteiger partial charge in [-0.3, -0.25) is 9.69 Å². The smallest absolute Gasteiger partial charge is 0.252 e. The van der Waals surface area contributed by atoms with Crippen molar-refractivity contribution in [1.29, 1.82) is 0 Å². The molecule has 0 unspecified atom stereocenters. The highest BCUT2D eigenvalue weighted by Gasteiger charge is 2.21. The van der Waals surface area contributed by atoms with E-state index in [9.17, 15) is 4.79 Å². The second-order valence-electron chi connectivity index (χ2n) is 9.21. The van der Waals surface area contributed by atoms with E-state index >= 15 is 0 Å². The molecule has 4 aromatic rings. The molecule has 1 aliphatic rings. The van der Waals surface area contributed by atoms with Gasteiger partial charge in [0, 0.05) is 36.2 Å². The van der Waals surface area contributed by atoms with E-state index in [2.05, 4.69) is 50.5 Å². The largest absolute Gasteiger partial charge is 0.376 e. The molecule has 2 aromatic carbocycles. The monoisotopic (exact) mass is 458 g/mol. The van der Waals surface area contributed by atoms with Crippen molar-refractivity contribution in [2.45, 2.75) is 59.0 Å². The predicted octanol–water partition coefficient (Wildman–Crippen LogP) is 3.51. The van der Waals surface area contributed by atoms with Crippen LogP contribution in [0, 0.1) is 13.8 Å². The Labute approximate surface area is 198 Å². The molecular formula is C26H30N6O2. The molecule has 176 valence electrons. The second kappa shape index (κ2) is 9.87. The molecule has 0 bridgehead atoms. The molecule has 0 amide bonds. The topological polar surface area (TPSA) is 88.9 Å². The Morgan fingerprint density at radius 3 is 2.76 bits per heavy atom. The normalized spacial score (nSPS) is 16.0. The first-order valence-electron chi connectivity index (χ1n) is 11.8. The summed E-state index contributed by atoms with van der Waals surface area (Å²) in [5.74, 6) is 0.774. The minimum Gasteiger partial charge on any atom is -0.376 e. The minimum atomic E-state index is -0.0606. The van der Waals surface area contributed by atoms with Gasteiger partial charge in [-0.25, -0.2) is 4.68 Å². The van der Waals surface area contributed by atoms with Gasteiger partial charge >= 0.3 is 0 Å². The van der Waals surface area contributed by atoms with Gasteiger partial charge in [-0.05, 0) is 65.9 Å². The van der Waals surface area contributed by atoms with Gasteiger partial charge in [-0.2, -0.15) is 0 Å². The molecule has 3 heterocycles. The molecule has 8 nitrogen and oxygen atoms in total.